The lowest BCUT2D eigenvalue weighted by atomic mass is 10.2. The van der Waals surface area contributed by atoms with E-state index in [9.17, 15) is 0 Å². The van der Waals surface area contributed by atoms with Crippen LogP contribution in [0.3, 0.4) is 0 Å². The molecule has 0 aliphatic rings. The molecule has 0 saturated carbocycles. The average Bonchev–Trinajstić information content (AvgIpc) is 3.04. The van der Waals surface area contributed by atoms with Gasteiger partial charge in [-0.3, -0.25) is 14.6 Å². The summed E-state index contributed by atoms with van der Waals surface area (Å²) in [7, 11) is 0. The van der Waals surface area contributed by atoms with Crippen molar-refractivity contribution in [2.24, 2.45) is 0 Å². The van der Waals surface area contributed by atoms with Gasteiger partial charge in [-0.1, -0.05) is 6.07 Å². The summed E-state index contributed by atoms with van der Waals surface area (Å²) in [6.07, 6.45) is 10.8. The van der Waals surface area contributed by atoms with Crippen LogP contribution in [0.2, 0.25) is 0 Å². The van der Waals surface area contributed by atoms with Gasteiger partial charge in [0.2, 0.25) is 0 Å². The average molecular weight is 288 g/mol. The molecule has 0 bridgehead atoms. The van der Waals surface area contributed by atoms with Gasteiger partial charge in [0, 0.05) is 30.4 Å². The summed E-state index contributed by atoms with van der Waals surface area (Å²) in [5.41, 5.74) is 4.21. The van der Waals surface area contributed by atoms with Crippen molar-refractivity contribution < 1.29 is 0 Å². The maximum atomic E-state index is 4.53. The molecule has 106 valence electrons. The maximum Gasteiger partial charge on any atom is 0.178 e. The van der Waals surface area contributed by atoms with Gasteiger partial charge in [-0.25, -0.2) is 9.97 Å². The van der Waals surface area contributed by atoms with E-state index in [-0.39, 0.29) is 0 Å². The number of aromatic nitrogens is 6. The van der Waals surface area contributed by atoms with Crippen molar-refractivity contribution in [2.45, 2.75) is 6.54 Å². The first-order valence-electron chi connectivity index (χ1n) is 6.88. The SMILES string of the molecule is c1cncc(Cn2cc(-c3cnc4cccnc4n3)cn2)c1. The van der Waals surface area contributed by atoms with E-state index in [2.05, 4.69) is 25.0 Å². The summed E-state index contributed by atoms with van der Waals surface area (Å²) in [6.45, 7) is 0.674. The zero-order chi connectivity index (χ0) is 14.8. The van der Waals surface area contributed by atoms with Gasteiger partial charge >= 0.3 is 0 Å². The molecule has 0 aromatic carbocycles. The van der Waals surface area contributed by atoms with Crippen LogP contribution in [0.5, 0.6) is 0 Å². The fraction of sp³-hybridized carbons (Fsp3) is 0.0625. The van der Waals surface area contributed by atoms with Crippen LogP contribution in [0.25, 0.3) is 22.4 Å². The van der Waals surface area contributed by atoms with Crippen molar-refractivity contribution in [1.29, 1.82) is 0 Å². The van der Waals surface area contributed by atoms with E-state index in [0.717, 1.165) is 22.3 Å². The highest BCUT2D eigenvalue weighted by Crippen LogP contribution is 2.17. The van der Waals surface area contributed by atoms with Crippen LogP contribution in [0, 0.1) is 0 Å². The van der Waals surface area contributed by atoms with Crippen molar-refractivity contribution in [2.75, 3.05) is 0 Å². The van der Waals surface area contributed by atoms with Crippen molar-refractivity contribution in [3.05, 3.63) is 67.0 Å². The van der Waals surface area contributed by atoms with Gasteiger partial charge in [-0.15, -0.1) is 0 Å². The van der Waals surface area contributed by atoms with Crippen molar-refractivity contribution in [3.63, 3.8) is 0 Å². The van der Waals surface area contributed by atoms with Gasteiger partial charge < -0.3 is 0 Å². The highest BCUT2D eigenvalue weighted by Gasteiger charge is 2.06. The smallest absolute Gasteiger partial charge is 0.178 e. The third-order valence-electron chi connectivity index (χ3n) is 3.31. The van der Waals surface area contributed by atoms with Gasteiger partial charge in [0.25, 0.3) is 0 Å². The summed E-state index contributed by atoms with van der Waals surface area (Å²) >= 11 is 0. The predicted octanol–water partition coefficient (Wildman–Crippen LogP) is 2.33. The minimum Gasteiger partial charge on any atom is -0.268 e. The molecule has 4 heterocycles. The van der Waals surface area contributed by atoms with E-state index in [4.69, 9.17) is 0 Å². The quantitative estimate of drug-likeness (QED) is 0.578. The molecule has 0 saturated heterocycles. The molecule has 6 heteroatoms. The summed E-state index contributed by atoms with van der Waals surface area (Å²) in [5.74, 6) is 0. The summed E-state index contributed by atoms with van der Waals surface area (Å²) in [5, 5.41) is 4.37. The first kappa shape index (κ1) is 12.6. The second-order valence-corrected chi connectivity index (χ2v) is 4.89. The second kappa shape index (κ2) is 5.33. The monoisotopic (exact) mass is 288 g/mol. The Balaban J connectivity index is 1.65. The lowest BCUT2D eigenvalue weighted by Gasteiger charge is -2.00. The Morgan fingerprint density at radius 3 is 2.82 bits per heavy atom. The van der Waals surface area contributed by atoms with Gasteiger partial charge in [0.1, 0.15) is 5.52 Å². The highest BCUT2D eigenvalue weighted by atomic mass is 15.3. The van der Waals surface area contributed by atoms with Crippen LogP contribution in [-0.2, 0) is 6.54 Å². The fourth-order valence-electron chi connectivity index (χ4n) is 2.25. The number of nitrogens with zero attached hydrogens (tertiary/aromatic N) is 6. The molecule has 0 fully saturated rings. The second-order valence-electron chi connectivity index (χ2n) is 4.89. The molecular formula is C16H12N6. The van der Waals surface area contributed by atoms with Gasteiger partial charge in [-0.05, 0) is 23.8 Å². The number of hydrogen-bond acceptors (Lipinski definition) is 5. The Bertz CT molecular complexity index is 916. The molecule has 4 aromatic heterocycles. The zero-order valence-corrected chi connectivity index (χ0v) is 11.7. The topological polar surface area (TPSA) is 69.4 Å². The molecular weight excluding hydrogens is 276 g/mol. The summed E-state index contributed by atoms with van der Waals surface area (Å²) in [4.78, 5) is 17.2. The van der Waals surface area contributed by atoms with Crippen LogP contribution in [0.4, 0.5) is 0 Å². The van der Waals surface area contributed by atoms with E-state index >= 15 is 0 Å². The molecule has 4 aromatic rings. The van der Waals surface area contributed by atoms with Crippen LogP contribution >= 0.6 is 0 Å². The molecule has 0 radical (unpaired) electrons. The van der Waals surface area contributed by atoms with Gasteiger partial charge in [0.05, 0.1) is 24.6 Å². The number of fused-ring (bicyclic) bond motifs is 1. The Morgan fingerprint density at radius 2 is 1.91 bits per heavy atom. The standard InChI is InChI=1S/C16H12N6/c1-3-12(7-17-5-1)10-22-11-13(8-20-22)15-9-19-14-4-2-6-18-16(14)21-15/h1-9,11H,10H2. The van der Waals surface area contributed by atoms with Crippen LogP contribution in [0.1, 0.15) is 5.56 Å². The van der Waals surface area contributed by atoms with Crippen molar-refractivity contribution in [3.8, 4) is 11.3 Å². The minimum absolute atomic E-state index is 0.639. The molecule has 0 aliphatic carbocycles. The Morgan fingerprint density at radius 1 is 0.955 bits per heavy atom. The normalized spacial score (nSPS) is 10.9. The summed E-state index contributed by atoms with van der Waals surface area (Å²) in [6, 6.07) is 7.68. The Hall–Kier alpha value is -3.15. The zero-order valence-electron chi connectivity index (χ0n) is 11.7. The number of rotatable bonds is 3. The molecule has 0 amide bonds. The lowest BCUT2D eigenvalue weighted by Crippen LogP contribution is -1.99. The van der Waals surface area contributed by atoms with Crippen LogP contribution in [0.15, 0.2) is 61.4 Å². The Kier molecular flexibility index (Phi) is 3.05. The molecule has 6 nitrogen and oxygen atoms in total. The van der Waals surface area contributed by atoms with Gasteiger partial charge in [-0.2, -0.15) is 5.10 Å². The van der Waals surface area contributed by atoms with Crippen LogP contribution < -0.4 is 0 Å². The largest absolute Gasteiger partial charge is 0.268 e. The Labute approximate surface area is 126 Å². The molecule has 0 spiro atoms. The molecule has 0 aliphatic heterocycles. The molecule has 0 unspecified atom stereocenters. The molecule has 0 N–H and O–H groups in total. The third-order valence-corrected chi connectivity index (χ3v) is 3.31. The molecule has 22 heavy (non-hydrogen) atoms. The number of hydrogen-bond donors (Lipinski definition) is 0. The molecule has 0 atom stereocenters. The maximum absolute atomic E-state index is 4.53. The third kappa shape index (κ3) is 2.42. The van der Waals surface area contributed by atoms with Crippen molar-refractivity contribution >= 4 is 11.2 Å². The predicted molar refractivity (Wildman–Crippen MR) is 81.9 cm³/mol. The van der Waals surface area contributed by atoms with E-state index in [0.29, 0.717) is 12.2 Å². The number of pyridine rings is 2. The van der Waals surface area contributed by atoms with E-state index < -0.39 is 0 Å². The van der Waals surface area contributed by atoms with Crippen LogP contribution in [-0.4, -0.2) is 29.7 Å². The lowest BCUT2D eigenvalue weighted by molar-refractivity contribution is 0.685. The van der Waals surface area contributed by atoms with E-state index in [1.807, 2.05) is 41.3 Å². The van der Waals surface area contributed by atoms with Crippen molar-refractivity contribution in [1.82, 2.24) is 29.7 Å². The summed E-state index contributed by atoms with van der Waals surface area (Å²) < 4.78 is 1.86. The van der Waals surface area contributed by atoms with Gasteiger partial charge in [0.15, 0.2) is 5.65 Å². The first-order valence-corrected chi connectivity index (χ1v) is 6.88. The van der Waals surface area contributed by atoms with E-state index in [1.165, 1.54) is 0 Å². The molecule has 4 rings (SSSR count). The minimum atomic E-state index is 0.639. The first-order chi connectivity index (χ1) is 10.9. The highest BCUT2D eigenvalue weighted by molar-refractivity contribution is 5.72. The fourth-order valence-corrected chi connectivity index (χ4v) is 2.25. The van der Waals surface area contributed by atoms with E-state index in [1.54, 1.807) is 24.8 Å².